The molecule has 1 heterocycles. The van der Waals surface area contributed by atoms with Gasteiger partial charge in [-0.05, 0) is 59.7 Å². The van der Waals surface area contributed by atoms with Gasteiger partial charge in [-0.1, -0.05) is 0 Å². The van der Waals surface area contributed by atoms with Crippen molar-refractivity contribution in [1.29, 1.82) is 0 Å². The minimum Gasteiger partial charge on any atom is -0.444 e. The average molecular weight is 439 g/mol. The van der Waals surface area contributed by atoms with Crippen LogP contribution >= 0.6 is 0 Å². The Labute approximate surface area is 184 Å². The van der Waals surface area contributed by atoms with Crippen molar-refractivity contribution in [2.45, 2.75) is 59.4 Å². The topological polar surface area (TPSA) is 83.1 Å². The highest BCUT2D eigenvalue weighted by molar-refractivity contribution is 5.89. The number of urea groups is 1. The summed E-state index contributed by atoms with van der Waals surface area (Å²) in [6.07, 6.45) is -0.383. The van der Waals surface area contributed by atoms with E-state index in [1.165, 1.54) is 11.0 Å². The summed E-state index contributed by atoms with van der Waals surface area (Å²) in [6.45, 7) is 13.4. The molecule has 1 aliphatic rings. The van der Waals surface area contributed by atoms with E-state index in [2.05, 4.69) is 10.6 Å². The van der Waals surface area contributed by atoms with Crippen molar-refractivity contribution < 1.29 is 23.5 Å². The van der Waals surface area contributed by atoms with E-state index in [1.54, 1.807) is 32.9 Å². The number of carbonyl (C=O) groups is 2. The third-order valence-corrected chi connectivity index (χ3v) is 4.67. The van der Waals surface area contributed by atoms with Crippen molar-refractivity contribution in [2.24, 2.45) is 0 Å². The highest BCUT2D eigenvalue weighted by Crippen LogP contribution is 2.26. The summed E-state index contributed by atoms with van der Waals surface area (Å²) in [5, 5.41) is 5.30. The number of nitrogens with zero attached hydrogens (tertiary/aromatic N) is 2. The van der Waals surface area contributed by atoms with Crippen molar-refractivity contribution in [2.75, 3.05) is 42.9 Å². The van der Waals surface area contributed by atoms with Gasteiger partial charge in [-0.15, -0.1) is 0 Å². The number of likely N-dealkylation sites (N-methyl/N-ethyl adjacent to an activating group) is 1. The first-order valence-electron chi connectivity index (χ1n) is 10.7. The van der Waals surface area contributed by atoms with Crippen LogP contribution in [0.1, 0.15) is 41.5 Å². The molecule has 31 heavy (non-hydrogen) atoms. The lowest BCUT2D eigenvalue weighted by atomic mass is 10.2. The smallest absolute Gasteiger partial charge is 0.410 e. The molecule has 8 nitrogen and oxygen atoms in total. The van der Waals surface area contributed by atoms with Crippen LogP contribution in [0.15, 0.2) is 18.2 Å². The second kappa shape index (κ2) is 10.7. The van der Waals surface area contributed by atoms with E-state index >= 15 is 0 Å². The SMILES string of the molecule is CCN(CCNC(=O)Nc1ccc(N2C[C@@H](C)O[C@H](C)C2)c(F)c1)C(=O)OC(C)(C)C. The van der Waals surface area contributed by atoms with Gasteiger partial charge in [0.1, 0.15) is 11.4 Å². The molecule has 1 fully saturated rings. The monoisotopic (exact) mass is 438 g/mol. The predicted molar refractivity (Wildman–Crippen MR) is 119 cm³/mol. The molecular formula is C22H35FN4O4. The summed E-state index contributed by atoms with van der Waals surface area (Å²) in [7, 11) is 0. The summed E-state index contributed by atoms with van der Waals surface area (Å²) in [5.41, 5.74) is 0.263. The molecule has 1 aromatic carbocycles. The Morgan fingerprint density at radius 2 is 1.90 bits per heavy atom. The predicted octanol–water partition coefficient (Wildman–Crippen LogP) is 3.82. The van der Waals surface area contributed by atoms with Gasteiger partial charge in [0.15, 0.2) is 0 Å². The zero-order valence-corrected chi connectivity index (χ0v) is 19.3. The number of hydrogen-bond donors (Lipinski definition) is 2. The minimum atomic E-state index is -0.581. The van der Waals surface area contributed by atoms with E-state index in [0.29, 0.717) is 37.6 Å². The Hall–Kier alpha value is -2.55. The first-order valence-corrected chi connectivity index (χ1v) is 10.7. The fourth-order valence-electron chi connectivity index (χ4n) is 3.40. The quantitative estimate of drug-likeness (QED) is 0.706. The molecule has 1 saturated heterocycles. The van der Waals surface area contributed by atoms with Crippen LogP contribution in [0.5, 0.6) is 0 Å². The molecule has 174 valence electrons. The van der Waals surface area contributed by atoms with E-state index in [1.807, 2.05) is 25.7 Å². The van der Waals surface area contributed by atoms with Crippen molar-refractivity contribution in [3.8, 4) is 0 Å². The number of ether oxygens (including phenoxy) is 2. The summed E-state index contributed by atoms with van der Waals surface area (Å²) in [6, 6.07) is 4.17. The van der Waals surface area contributed by atoms with Gasteiger partial charge in [0, 0.05) is 38.4 Å². The lowest BCUT2D eigenvalue weighted by Gasteiger charge is -2.37. The first-order chi connectivity index (χ1) is 14.5. The van der Waals surface area contributed by atoms with Crippen LogP contribution in [0.3, 0.4) is 0 Å². The van der Waals surface area contributed by atoms with Gasteiger partial charge in [-0.3, -0.25) is 0 Å². The van der Waals surface area contributed by atoms with E-state index in [-0.39, 0.29) is 18.8 Å². The van der Waals surface area contributed by atoms with Crippen molar-refractivity contribution >= 4 is 23.5 Å². The molecule has 2 rings (SSSR count). The van der Waals surface area contributed by atoms with Gasteiger partial charge in [-0.2, -0.15) is 0 Å². The number of nitrogens with one attached hydrogen (secondary N) is 2. The van der Waals surface area contributed by atoms with Gasteiger partial charge >= 0.3 is 12.1 Å². The lowest BCUT2D eigenvalue weighted by Crippen LogP contribution is -2.45. The van der Waals surface area contributed by atoms with E-state index in [4.69, 9.17) is 9.47 Å². The van der Waals surface area contributed by atoms with Gasteiger partial charge in [-0.25, -0.2) is 14.0 Å². The molecule has 1 aliphatic heterocycles. The number of carbonyl (C=O) groups excluding carboxylic acids is 2. The molecule has 0 saturated carbocycles. The maximum Gasteiger partial charge on any atom is 0.410 e. The van der Waals surface area contributed by atoms with Gasteiger partial charge in [0.25, 0.3) is 0 Å². The summed E-state index contributed by atoms with van der Waals surface area (Å²) in [5.74, 6) is -0.402. The molecule has 0 aliphatic carbocycles. The molecule has 0 unspecified atom stereocenters. The molecule has 2 N–H and O–H groups in total. The number of halogens is 1. The largest absolute Gasteiger partial charge is 0.444 e. The third kappa shape index (κ3) is 7.90. The number of hydrogen-bond acceptors (Lipinski definition) is 5. The molecule has 3 amide bonds. The van der Waals surface area contributed by atoms with E-state index in [0.717, 1.165) is 0 Å². The van der Waals surface area contributed by atoms with Gasteiger partial charge in [0.2, 0.25) is 0 Å². The molecule has 2 atom stereocenters. The normalized spacial score (nSPS) is 19.0. The molecule has 9 heteroatoms. The van der Waals surface area contributed by atoms with Crippen LogP contribution in [-0.4, -0.2) is 67.6 Å². The Morgan fingerprint density at radius 3 is 2.45 bits per heavy atom. The molecule has 0 radical (unpaired) electrons. The number of amides is 3. The Bertz CT molecular complexity index is 758. The Morgan fingerprint density at radius 1 is 1.26 bits per heavy atom. The van der Waals surface area contributed by atoms with Crippen molar-refractivity contribution in [3.63, 3.8) is 0 Å². The highest BCUT2D eigenvalue weighted by Gasteiger charge is 2.24. The zero-order chi connectivity index (χ0) is 23.2. The maximum absolute atomic E-state index is 14.7. The minimum absolute atomic E-state index is 0.0232. The first kappa shape index (κ1) is 24.7. The Balaban J connectivity index is 1.85. The van der Waals surface area contributed by atoms with Crippen LogP contribution in [0.4, 0.5) is 25.4 Å². The highest BCUT2D eigenvalue weighted by atomic mass is 19.1. The maximum atomic E-state index is 14.7. The fourth-order valence-corrected chi connectivity index (χ4v) is 3.40. The van der Waals surface area contributed by atoms with Crippen LogP contribution in [0, 0.1) is 5.82 Å². The van der Waals surface area contributed by atoms with Crippen LogP contribution in [0.25, 0.3) is 0 Å². The summed E-state index contributed by atoms with van der Waals surface area (Å²) in [4.78, 5) is 27.7. The number of anilines is 2. The molecule has 0 bridgehead atoms. The van der Waals surface area contributed by atoms with Crippen LogP contribution in [0.2, 0.25) is 0 Å². The third-order valence-electron chi connectivity index (χ3n) is 4.67. The number of rotatable bonds is 6. The standard InChI is InChI=1S/C22H35FN4O4/c1-7-26(21(29)31-22(4,5)6)11-10-24-20(28)25-17-8-9-19(18(23)12-17)27-13-15(2)30-16(3)14-27/h8-9,12,15-16H,7,10-11,13-14H2,1-6H3,(H2,24,25,28)/t15-,16-/m1/s1. The van der Waals surface area contributed by atoms with Crippen LogP contribution < -0.4 is 15.5 Å². The fraction of sp³-hybridized carbons (Fsp3) is 0.636. The lowest BCUT2D eigenvalue weighted by molar-refractivity contribution is -0.00540. The van der Waals surface area contributed by atoms with Gasteiger partial charge in [0.05, 0.1) is 17.9 Å². The molecule has 0 spiro atoms. The second-order valence-corrected chi connectivity index (χ2v) is 8.77. The van der Waals surface area contributed by atoms with Crippen molar-refractivity contribution in [1.82, 2.24) is 10.2 Å². The van der Waals surface area contributed by atoms with E-state index in [9.17, 15) is 14.0 Å². The Kier molecular flexibility index (Phi) is 8.50. The summed E-state index contributed by atoms with van der Waals surface area (Å²) >= 11 is 0. The van der Waals surface area contributed by atoms with E-state index < -0.39 is 23.5 Å². The van der Waals surface area contributed by atoms with Gasteiger partial charge < -0.3 is 29.9 Å². The molecule has 1 aromatic rings. The molecular weight excluding hydrogens is 403 g/mol. The second-order valence-electron chi connectivity index (χ2n) is 8.77. The number of morpholine rings is 1. The molecule has 0 aromatic heterocycles. The van der Waals surface area contributed by atoms with Crippen molar-refractivity contribution in [3.05, 3.63) is 24.0 Å². The zero-order valence-electron chi connectivity index (χ0n) is 19.3. The number of benzene rings is 1. The van der Waals surface area contributed by atoms with Crippen LogP contribution in [-0.2, 0) is 9.47 Å². The average Bonchev–Trinajstić information content (AvgIpc) is 2.63. The summed E-state index contributed by atoms with van der Waals surface area (Å²) < 4.78 is 25.7.